The number of hydrogen-bond acceptors (Lipinski definition) is 4. The normalized spacial score (nSPS) is 11.2. The number of carbonyl (C=O) groups is 1. The number of pyridine rings is 2. The minimum absolute atomic E-state index is 0.368. The van der Waals surface area contributed by atoms with E-state index in [-0.39, 0.29) is 0 Å². The molecule has 0 aliphatic heterocycles. The molecule has 0 saturated heterocycles. The average molecular weight is 296 g/mol. The Kier molecular flexibility index (Phi) is 4.52. The summed E-state index contributed by atoms with van der Waals surface area (Å²) in [6.07, 6.45) is -1.82. The van der Waals surface area contributed by atoms with Gasteiger partial charge in [0, 0.05) is 29.9 Å². The predicted octanol–water partition coefficient (Wildman–Crippen LogP) is 3.17. The van der Waals surface area contributed by atoms with Crippen molar-refractivity contribution in [3.8, 4) is 17.1 Å². The maximum atomic E-state index is 12.0. The minimum atomic E-state index is -4.76. The van der Waals surface area contributed by atoms with Gasteiger partial charge in [-0.1, -0.05) is 6.07 Å². The molecule has 110 valence electrons. The van der Waals surface area contributed by atoms with Crippen LogP contribution in [-0.4, -0.2) is 22.6 Å². The van der Waals surface area contributed by atoms with Gasteiger partial charge in [-0.3, -0.25) is 4.98 Å². The highest BCUT2D eigenvalue weighted by Crippen LogP contribution is 2.23. The van der Waals surface area contributed by atoms with Crippen molar-refractivity contribution in [3.63, 3.8) is 0 Å². The molecule has 0 radical (unpaired) electrons. The number of hydrogen-bond donors (Lipinski definition) is 0. The molecule has 0 N–H and O–H groups in total. The summed E-state index contributed by atoms with van der Waals surface area (Å²) in [7, 11) is 0. The number of aldehydes is 1. The highest BCUT2D eigenvalue weighted by molar-refractivity contribution is 5.58. The third-order valence-electron chi connectivity index (χ3n) is 2.58. The van der Waals surface area contributed by atoms with Gasteiger partial charge < -0.3 is 9.53 Å². The van der Waals surface area contributed by atoms with E-state index in [1.54, 1.807) is 18.2 Å². The van der Waals surface area contributed by atoms with Gasteiger partial charge >= 0.3 is 6.36 Å². The van der Waals surface area contributed by atoms with E-state index in [0.717, 1.165) is 18.0 Å². The summed E-state index contributed by atoms with van der Waals surface area (Å²) < 4.78 is 39.8. The molecule has 0 fully saturated rings. The molecule has 2 aromatic heterocycles. The summed E-state index contributed by atoms with van der Waals surface area (Å²) in [5.74, 6) is -0.525. The van der Waals surface area contributed by atoms with E-state index in [0.29, 0.717) is 24.1 Å². The molecule has 0 aliphatic carbocycles. The fourth-order valence-electron chi connectivity index (χ4n) is 1.70. The summed E-state index contributed by atoms with van der Waals surface area (Å²) in [5, 5.41) is 0. The first-order valence-electron chi connectivity index (χ1n) is 6.10. The van der Waals surface area contributed by atoms with Crippen LogP contribution in [0.1, 0.15) is 12.1 Å². The van der Waals surface area contributed by atoms with Gasteiger partial charge in [-0.05, 0) is 24.6 Å². The van der Waals surface area contributed by atoms with Crippen molar-refractivity contribution < 1.29 is 22.7 Å². The fourth-order valence-corrected chi connectivity index (χ4v) is 1.70. The summed E-state index contributed by atoms with van der Waals surface area (Å²) in [6.45, 7) is 0. The van der Waals surface area contributed by atoms with E-state index in [9.17, 15) is 18.0 Å². The van der Waals surface area contributed by atoms with Crippen LogP contribution >= 0.6 is 0 Å². The van der Waals surface area contributed by atoms with E-state index in [1.165, 1.54) is 12.3 Å². The molecule has 0 saturated carbocycles. The van der Waals surface area contributed by atoms with Crippen LogP contribution in [-0.2, 0) is 11.2 Å². The van der Waals surface area contributed by atoms with Crippen molar-refractivity contribution in [2.24, 2.45) is 0 Å². The number of aromatic nitrogens is 2. The lowest BCUT2D eigenvalue weighted by atomic mass is 10.1. The second kappa shape index (κ2) is 6.34. The fraction of sp³-hybridized carbons (Fsp3) is 0.214. The molecule has 2 aromatic rings. The SMILES string of the molecule is O=CCCc1cccc(-c2ccc(OC(F)(F)F)nc2)n1. The van der Waals surface area contributed by atoms with E-state index < -0.39 is 12.2 Å². The van der Waals surface area contributed by atoms with E-state index in [1.807, 2.05) is 0 Å². The van der Waals surface area contributed by atoms with Gasteiger partial charge in [0.25, 0.3) is 0 Å². The first-order valence-corrected chi connectivity index (χ1v) is 6.10. The van der Waals surface area contributed by atoms with Crippen LogP contribution in [0.4, 0.5) is 13.2 Å². The van der Waals surface area contributed by atoms with Crippen LogP contribution in [0.5, 0.6) is 5.88 Å². The Morgan fingerprint density at radius 2 is 2.00 bits per heavy atom. The molecule has 2 rings (SSSR count). The van der Waals surface area contributed by atoms with Crippen molar-refractivity contribution in [2.45, 2.75) is 19.2 Å². The summed E-state index contributed by atoms with van der Waals surface area (Å²) in [4.78, 5) is 18.3. The average Bonchev–Trinajstić information content (AvgIpc) is 2.44. The van der Waals surface area contributed by atoms with Crippen LogP contribution < -0.4 is 4.74 Å². The van der Waals surface area contributed by atoms with Gasteiger partial charge in [-0.25, -0.2) is 4.98 Å². The highest BCUT2D eigenvalue weighted by atomic mass is 19.4. The van der Waals surface area contributed by atoms with Crippen molar-refractivity contribution >= 4 is 6.29 Å². The number of carbonyl (C=O) groups excluding carboxylic acids is 1. The number of aryl methyl sites for hydroxylation is 1. The summed E-state index contributed by atoms with van der Waals surface area (Å²) in [5.41, 5.74) is 1.87. The molecule has 0 aromatic carbocycles. The summed E-state index contributed by atoms with van der Waals surface area (Å²) >= 11 is 0. The Labute approximate surface area is 118 Å². The van der Waals surface area contributed by atoms with Gasteiger partial charge in [-0.2, -0.15) is 0 Å². The Bertz CT molecular complexity index is 612. The lowest BCUT2D eigenvalue weighted by Crippen LogP contribution is -2.17. The lowest BCUT2D eigenvalue weighted by Gasteiger charge is -2.08. The van der Waals surface area contributed by atoms with Crippen molar-refractivity contribution in [2.75, 3.05) is 0 Å². The zero-order valence-corrected chi connectivity index (χ0v) is 10.8. The minimum Gasteiger partial charge on any atom is -0.388 e. The predicted molar refractivity (Wildman–Crippen MR) is 68.5 cm³/mol. The summed E-state index contributed by atoms with van der Waals surface area (Å²) in [6, 6.07) is 7.83. The van der Waals surface area contributed by atoms with Crippen molar-refractivity contribution in [1.82, 2.24) is 9.97 Å². The van der Waals surface area contributed by atoms with Crippen LogP contribution in [0, 0.1) is 0 Å². The smallest absolute Gasteiger partial charge is 0.388 e. The van der Waals surface area contributed by atoms with E-state index in [2.05, 4.69) is 14.7 Å². The van der Waals surface area contributed by atoms with Crippen molar-refractivity contribution in [1.29, 1.82) is 0 Å². The van der Waals surface area contributed by atoms with E-state index in [4.69, 9.17) is 0 Å². The van der Waals surface area contributed by atoms with Gasteiger partial charge in [0.05, 0.1) is 5.69 Å². The number of nitrogens with zero attached hydrogens (tertiary/aromatic N) is 2. The molecule has 4 nitrogen and oxygen atoms in total. The van der Waals surface area contributed by atoms with Gasteiger partial charge in [0.1, 0.15) is 6.29 Å². The molecule has 0 amide bonds. The molecule has 0 bridgehead atoms. The molecule has 0 atom stereocenters. The second-order valence-electron chi connectivity index (χ2n) is 4.15. The number of rotatable bonds is 5. The Balaban J connectivity index is 2.16. The standard InChI is InChI=1S/C14H11F3N2O2/c15-14(16,17)21-13-7-6-10(9-18-13)12-5-1-3-11(19-12)4-2-8-20/h1,3,5-9H,2,4H2. The number of halogens is 3. The quantitative estimate of drug-likeness (QED) is 0.795. The lowest BCUT2D eigenvalue weighted by molar-refractivity contribution is -0.276. The maximum Gasteiger partial charge on any atom is 0.574 e. The van der Waals surface area contributed by atoms with Crippen LogP contribution in [0.15, 0.2) is 36.5 Å². The molecule has 0 unspecified atom stereocenters. The van der Waals surface area contributed by atoms with Gasteiger partial charge in [0.2, 0.25) is 5.88 Å². The maximum absolute atomic E-state index is 12.0. The Morgan fingerprint density at radius 3 is 2.62 bits per heavy atom. The molecule has 21 heavy (non-hydrogen) atoms. The van der Waals surface area contributed by atoms with Crippen LogP contribution in [0.3, 0.4) is 0 Å². The molecule has 0 aliphatic rings. The zero-order valence-electron chi connectivity index (χ0n) is 10.8. The van der Waals surface area contributed by atoms with Gasteiger partial charge in [0.15, 0.2) is 0 Å². The Morgan fingerprint density at radius 1 is 1.19 bits per heavy atom. The van der Waals surface area contributed by atoms with Crippen LogP contribution in [0.2, 0.25) is 0 Å². The second-order valence-corrected chi connectivity index (χ2v) is 4.15. The third kappa shape index (κ3) is 4.55. The number of ether oxygens (including phenoxy) is 1. The monoisotopic (exact) mass is 296 g/mol. The molecular weight excluding hydrogens is 285 g/mol. The first kappa shape index (κ1) is 15.0. The topological polar surface area (TPSA) is 52.1 Å². The number of alkyl halides is 3. The molecule has 0 spiro atoms. The molecular formula is C14H11F3N2O2. The largest absolute Gasteiger partial charge is 0.574 e. The Hall–Kier alpha value is -2.44. The van der Waals surface area contributed by atoms with Crippen LogP contribution in [0.25, 0.3) is 11.3 Å². The third-order valence-corrected chi connectivity index (χ3v) is 2.58. The first-order chi connectivity index (χ1) is 9.98. The molecule has 7 heteroatoms. The molecule has 2 heterocycles. The highest BCUT2D eigenvalue weighted by Gasteiger charge is 2.31. The zero-order chi connectivity index (χ0) is 15.3. The van der Waals surface area contributed by atoms with E-state index >= 15 is 0 Å². The van der Waals surface area contributed by atoms with Gasteiger partial charge in [-0.15, -0.1) is 13.2 Å². The van der Waals surface area contributed by atoms with Crippen molar-refractivity contribution in [3.05, 3.63) is 42.2 Å².